The number of ether oxygens (including phenoxy) is 2. The zero-order valence-corrected chi connectivity index (χ0v) is 12.1. The number of carbonyl (C=O) groups is 2. The Morgan fingerprint density at radius 3 is 1.86 bits per heavy atom. The van der Waals surface area contributed by atoms with Gasteiger partial charge in [0.15, 0.2) is 0 Å². The van der Waals surface area contributed by atoms with Crippen LogP contribution in [0.25, 0.3) is 0 Å². The second kappa shape index (κ2) is 7.83. The standard InChI is InChI=1S/C7H5NO5.C6H12O2/c9-7(10)13-6-3-1-5(2-4-6)8(11)12;1-6(2,3)5(7)8-4/h1-4H,(H,9,10);1-4H3/p-1. The van der Waals surface area contributed by atoms with Crippen LogP contribution in [0.3, 0.4) is 0 Å². The summed E-state index contributed by atoms with van der Waals surface area (Å²) in [7, 11) is 1.40. The van der Waals surface area contributed by atoms with E-state index in [1.165, 1.54) is 19.2 Å². The number of nitro groups is 1. The smallest absolute Gasteiger partial charge is 0.310 e. The van der Waals surface area contributed by atoms with Gasteiger partial charge in [-0.05, 0) is 32.9 Å². The second-order valence-electron chi connectivity index (χ2n) is 4.84. The van der Waals surface area contributed by atoms with Crippen LogP contribution in [0.4, 0.5) is 10.5 Å². The molecular formula is C13H16NO7-. The van der Waals surface area contributed by atoms with E-state index in [2.05, 4.69) is 9.47 Å². The summed E-state index contributed by atoms with van der Waals surface area (Å²) in [5.41, 5.74) is -0.486. The highest BCUT2D eigenvalue weighted by atomic mass is 16.7. The largest absolute Gasteiger partial charge is 0.514 e. The Labute approximate surface area is 121 Å². The number of rotatable bonds is 2. The molecule has 8 heteroatoms. The maximum Gasteiger partial charge on any atom is 0.310 e. The van der Waals surface area contributed by atoms with E-state index in [0.29, 0.717) is 0 Å². The summed E-state index contributed by atoms with van der Waals surface area (Å²) in [5.74, 6) is -0.178. The maximum atomic E-state index is 10.6. The lowest BCUT2D eigenvalue weighted by Crippen LogP contribution is -2.26. The molecule has 1 rings (SSSR count). The second-order valence-corrected chi connectivity index (χ2v) is 4.84. The molecule has 1 aromatic rings. The van der Waals surface area contributed by atoms with Crippen molar-refractivity contribution in [3.8, 4) is 5.75 Å². The molecule has 0 N–H and O–H groups in total. The highest BCUT2D eigenvalue weighted by molar-refractivity contribution is 5.75. The van der Waals surface area contributed by atoms with Crippen LogP contribution in [0.5, 0.6) is 5.75 Å². The van der Waals surface area contributed by atoms with Gasteiger partial charge in [-0.25, -0.2) is 0 Å². The fraction of sp³-hybridized carbons (Fsp3) is 0.385. The molecule has 1 aromatic carbocycles. The van der Waals surface area contributed by atoms with Crippen LogP contribution in [-0.2, 0) is 9.53 Å². The number of nitrogens with zero attached hydrogens (tertiary/aromatic N) is 1. The molecule has 0 aliphatic heterocycles. The average molecular weight is 298 g/mol. The van der Waals surface area contributed by atoms with Crippen LogP contribution in [-0.4, -0.2) is 24.2 Å². The Balaban J connectivity index is 0.000000433. The minimum absolute atomic E-state index is 0.00870. The van der Waals surface area contributed by atoms with Crippen LogP contribution >= 0.6 is 0 Å². The number of carbonyl (C=O) groups excluding carboxylic acids is 2. The minimum atomic E-state index is -1.70. The molecule has 0 spiro atoms. The average Bonchev–Trinajstić information content (AvgIpc) is 2.37. The summed E-state index contributed by atoms with van der Waals surface area (Å²) < 4.78 is 8.61. The van der Waals surface area contributed by atoms with Gasteiger partial charge in [-0.1, -0.05) is 0 Å². The maximum absolute atomic E-state index is 10.6. The number of carboxylic acid groups (broad SMARTS) is 1. The predicted octanol–water partition coefficient (Wildman–Crippen LogP) is 1.52. The lowest BCUT2D eigenvalue weighted by Gasteiger charge is -2.13. The number of esters is 1. The molecule has 0 aromatic heterocycles. The van der Waals surface area contributed by atoms with Crippen molar-refractivity contribution in [1.82, 2.24) is 0 Å². The fourth-order valence-electron chi connectivity index (χ4n) is 1.04. The Bertz CT molecular complexity index is 502. The molecule has 0 saturated heterocycles. The molecule has 116 valence electrons. The van der Waals surface area contributed by atoms with Gasteiger partial charge in [-0.3, -0.25) is 14.9 Å². The third-order valence-electron chi connectivity index (χ3n) is 2.05. The van der Waals surface area contributed by atoms with Crippen LogP contribution in [0.15, 0.2) is 24.3 Å². The normalized spacial score (nSPS) is 9.90. The van der Waals surface area contributed by atoms with Crippen LogP contribution in [0.2, 0.25) is 0 Å². The van der Waals surface area contributed by atoms with Crippen molar-refractivity contribution in [1.29, 1.82) is 0 Å². The van der Waals surface area contributed by atoms with E-state index in [0.717, 1.165) is 12.1 Å². The van der Waals surface area contributed by atoms with Crippen LogP contribution in [0, 0.1) is 15.5 Å². The van der Waals surface area contributed by atoms with Crippen molar-refractivity contribution >= 4 is 17.8 Å². The first-order valence-corrected chi connectivity index (χ1v) is 5.79. The van der Waals surface area contributed by atoms with Gasteiger partial charge in [-0.15, -0.1) is 0 Å². The molecule has 0 bridgehead atoms. The zero-order chi connectivity index (χ0) is 16.6. The first-order valence-electron chi connectivity index (χ1n) is 5.79. The molecule has 0 fully saturated rings. The van der Waals surface area contributed by atoms with Crippen molar-refractivity contribution in [3.63, 3.8) is 0 Å². The topological polar surface area (TPSA) is 119 Å². The third-order valence-corrected chi connectivity index (χ3v) is 2.05. The van der Waals surface area contributed by atoms with E-state index in [-0.39, 0.29) is 22.8 Å². The van der Waals surface area contributed by atoms with Gasteiger partial charge < -0.3 is 19.4 Å². The van der Waals surface area contributed by atoms with Crippen LogP contribution in [0.1, 0.15) is 20.8 Å². The van der Waals surface area contributed by atoms with Crippen molar-refractivity contribution in [3.05, 3.63) is 34.4 Å². The van der Waals surface area contributed by atoms with Crippen molar-refractivity contribution < 1.29 is 29.1 Å². The number of nitro benzene ring substituents is 1. The highest BCUT2D eigenvalue weighted by Crippen LogP contribution is 2.16. The molecule has 0 radical (unpaired) electrons. The van der Waals surface area contributed by atoms with E-state index in [1.54, 1.807) is 0 Å². The van der Waals surface area contributed by atoms with Crippen molar-refractivity contribution in [2.45, 2.75) is 20.8 Å². The molecule has 0 heterocycles. The molecule has 0 atom stereocenters. The minimum Gasteiger partial charge on any atom is -0.514 e. The Morgan fingerprint density at radius 1 is 1.14 bits per heavy atom. The Morgan fingerprint density at radius 2 is 1.62 bits per heavy atom. The first-order chi connectivity index (χ1) is 9.57. The van der Waals surface area contributed by atoms with Gasteiger partial charge in [0.25, 0.3) is 11.8 Å². The van der Waals surface area contributed by atoms with E-state index in [1.807, 2.05) is 20.8 Å². The zero-order valence-electron chi connectivity index (χ0n) is 12.1. The fourth-order valence-corrected chi connectivity index (χ4v) is 1.04. The number of hydrogen-bond donors (Lipinski definition) is 0. The number of hydrogen-bond acceptors (Lipinski definition) is 7. The van der Waals surface area contributed by atoms with E-state index >= 15 is 0 Å². The van der Waals surface area contributed by atoms with Gasteiger partial charge in [0.1, 0.15) is 0 Å². The van der Waals surface area contributed by atoms with Gasteiger partial charge in [0.05, 0.1) is 23.2 Å². The van der Waals surface area contributed by atoms with Gasteiger partial charge >= 0.3 is 5.97 Å². The molecule has 0 aliphatic carbocycles. The van der Waals surface area contributed by atoms with E-state index < -0.39 is 11.1 Å². The van der Waals surface area contributed by atoms with Crippen molar-refractivity contribution in [2.75, 3.05) is 7.11 Å². The quantitative estimate of drug-likeness (QED) is 0.351. The molecule has 0 saturated carbocycles. The molecule has 0 amide bonds. The summed E-state index contributed by atoms with van der Waals surface area (Å²) in [6, 6.07) is 4.62. The lowest BCUT2D eigenvalue weighted by atomic mass is 9.98. The first kappa shape index (κ1) is 18.4. The summed E-state index contributed by atoms with van der Waals surface area (Å²) >= 11 is 0. The number of benzene rings is 1. The SMILES string of the molecule is COC(=O)C(C)(C)C.O=C([O-])Oc1ccc([N+](=O)[O-])cc1. The van der Waals surface area contributed by atoms with Gasteiger partial charge in [-0.2, -0.15) is 0 Å². The number of methoxy groups -OCH3 is 1. The summed E-state index contributed by atoms with van der Waals surface area (Å²) in [6.45, 7) is 5.45. The van der Waals surface area contributed by atoms with Gasteiger partial charge in [0.2, 0.25) is 0 Å². The summed E-state index contributed by atoms with van der Waals surface area (Å²) in [5, 5.41) is 20.1. The Kier molecular flexibility index (Phi) is 6.85. The molecule has 0 aliphatic rings. The van der Waals surface area contributed by atoms with Crippen LogP contribution < -0.4 is 9.84 Å². The summed E-state index contributed by atoms with van der Waals surface area (Å²) in [4.78, 5) is 30.1. The van der Waals surface area contributed by atoms with Crippen molar-refractivity contribution in [2.24, 2.45) is 5.41 Å². The molecule has 8 nitrogen and oxygen atoms in total. The molecular weight excluding hydrogens is 282 g/mol. The highest BCUT2D eigenvalue weighted by Gasteiger charge is 2.21. The predicted molar refractivity (Wildman–Crippen MR) is 70.6 cm³/mol. The molecule has 21 heavy (non-hydrogen) atoms. The monoisotopic (exact) mass is 298 g/mol. The number of non-ortho nitro benzene ring substituents is 1. The molecule has 0 unspecified atom stereocenters. The van der Waals surface area contributed by atoms with E-state index in [9.17, 15) is 24.8 Å². The van der Waals surface area contributed by atoms with Gasteiger partial charge in [0, 0.05) is 12.1 Å². The Hall–Kier alpha value is -2.64. The third kappa shape index (κ3) is 7.51. The summed E-state index contributed by atoms with van der Waals surface area (Å²) in [6.07, 6.45) is -1.70. The van der Waals surface area contributed by atoms with E-state index in [4.69, 9.17) is 0 Å². The lowest BCUT2D eigenvalue weighted by molar-refractivity contribution is -0.384.